The molecule has 0 unspecified atom stereocenters. The zero-order valence-electron chi connectivity index (χ0n) is 16.4. The van der Waals surface area contributed by atoms with E-state index in [1.165, 1.54) is 4.90 Å². The fraction of sp³-hybridized carbons (Fsp3) is 0.364. The average molecular weight is 398 g/mol. The van der Waals surface area contributed by atoms with Crippen LogP contribution in [0.4, 0.5) is 4.79 Å². The first kappa shape index (κ1) is 20.3. The molecule has 0 radical (unpaired) electrons. The molecule has 1 aliphatic heterocycles. The van der Waals surface area contributed by atoms with Crippen molar-refractivity contribution >= 4 is 23.7 Å². The van der Waals surface area contributed by atoms with Gasteiger partial charge in [0.15, 0.2) is 0 Å². The Hall–Kier alpha value is -2.47. The van der Waals surface area contributed by atoms with E-state index in [0.29, 0.717) is 32.5 Å². The summed E-state index contributed by atoms with van der Waals surface area (Å²) in [6.07, 6.45) is 1.43. The molecule has 1 saturated heterocycles. The van der Waals surface area contributed by atoms with E-state index in [9.17, 15) is 9.59 Å². The number of hydrogen-bond acceptors (Lipinski definition) is 3. The maximum Gasteiger partial charge on any atom is 0.319 e. The van der Waals surface area contributed by atoms with Crippen LogP contribution in [0.5, 0.6) is 0 Å². The molecule has 0 bridgehead atoms. The summed E-state index contributed by atoms with van der Waals surface area (Å²) in [5.74, 6) is 0.0524. The van der Waals surface area contributed by atoms with Gasteiger partial charge in [0.1, 0.15) is 0 Å². The van der Waals surface area contributed by atoms with Crippen LogP contribution in [0, 0.1) is 5.92 Å². The van der Waals surface area contributed by atoms with Gasteiger partial charge in [-0.2, -0.15) is 0 Å². The maximum absolute atomic E-state index is 12.6. The van der Waals surface area contributed by atoms with Gasteiger partial charge in [-0.25, -0.2) is 4.79 Å². The number of piperidine rings is 1. The molecule has 1 heterocycles. The number of nitrogens with zero attached hydrogens (tertiary/aromatic N) is 2. The number of benzene rings is 2. The van der Waals surface area contributed by atoms with Gasteiger partial charge in [0.2, 0.25) is 5.91 Å². The summed E-state index contributed by atoms with van der Waals surface area (Å²) in [6.45, 7) is 1.79. The molecule has 1 N–H and O–H groups in total. The molecule has 3 rings (SSSR count). The minimum atomic E-state index is -0.0276. The Morgan fingerprint density at radius 2 is 1.68 bits per heavy atom. The molecule has 28 heavy (non-hydrogen) atoms. The Labute approximate surface area is 171 Å². The Morgan fingerprint density at radius 3 is 2.36 bits per heavy atom. The van der Waals surface area contributed by atoms with Crippen molar-refractivity contribution in [3.05, 3.63) is 60.2 Å². The van der Waals surface area contributed by atoms with Crippen molar-refractivity contribution in [3.63, 3.8) is 0 Å². The van der Waals surface area contributed by atoms with Crippen molar-refractivity contribution in [2.24, 2.45) is 5.92 Å². The third-order valence-corrected chi connectivity index (χ3v) is 6.04. The summed E-state index contributed by atoms with van der Waals surface area (Å²) >= 11 is 1.71. The molecule has 1 fully saturated rings. The van der Waals surface area contributed by atoms with Gasteiger partial charge in [-0.05, 0) is 36.6 Å². The van der Waals surface area contributed by atoms with Gasteiger partial charge in [-0.1, -0.05) is 48.2 Å². The molecule has 6 heteroatoms. The lowest BCUT2D eigenvalue weighted by Crippen LogP contribution is -2.46. The van der Waals surface area contributed by atoms with E-state index in [0.717, 1.165) is 10.5 Å². The number of hydrogen-bond donors (Lipinski definition) is 1. The van der Waals surface area contributed by atoms with E-state index in [4.69, 9.17) is 0 Å². The van der Waals surface area contributed by atoms with Crippen LogP contribution in [-0.4, -0.2) is 48.9 Å². The number of urea groups is 1. The number of nitrogens with one attached hydrogen (secondary N) is 1. The molecule has 0 aliphatic carbocycles. The number of likely N-dealkylation sites (tertiary alicyclic amines) is 1. The Kier molecular flexibility index (Phi) is 6.98. The standard InChI is InChI=1S/C22H27N3O2S/c1-24(2)22(27)25-14-12-17(13-15-25)21(26)23-16-18-8-6-7-11-20(18)28-19-9-4-3-5-10-19/h3-11,17H,12-16H2,1-2H3,(H,23,26). The Morgan fingerprint density at radius 1 is 1.04 bits per heavy atom. The van der Waals surface area contributed by atoms with Gasteiger partial charge >= 0.3 is 6.03 Å². The second-order valence-electron chi connectivity index (χ2n) is 7.18. The van der Waals surface area contributed by atoms with Crippen LogP contribution in [0.25, 0.3) is 0 Å². The quantitative estimate of drug-likeness (QED) is 0.834. The first-order valence-corrected chi connectivity index (χ1v) is 10.4. The fourth-order valence-electron chi connectivity index (χ4n) is 3.31. The summed E-state index contributed by atoms with van der Waals surface area (Å²) in [5.41, 5.74) is 1.12. The molecule has 3 amide bonds. The molecule has 1 aliphatic rings. The predicted molar refractivity (Wildman–Crippen MR) is 112 cm³/mol. The van der Waals surface area contributed by atoms with Crippen LogP contribution in [0.15, 0.2) is 64.4 Å². The van der Waals surface area contributed by atoms with Crippen molar-refractivity contribution in [2.45, 2.75) is 29.2 Å². The van der Waals surface area contributed by atoms with Gasteiger partial charge in [0.05, 0.1) is 0 Å². The molecule has 5 nitrogen and oxygen atoms in total. The predicted octanol–water partition coefficient (Wildman–Crippen LogP) is 3.85. The summed E-state index contributed by atoms with van der Waals surface area (Å²) < 4.78 is 0. The second kappa shape index (κ2) is 9.64. The van der Waals surface area contributed by atoms with E-state index in [1.54, 1.807) is 30.8 Å². The van der Waals surface area contributed by atoms with E-state index >= 15 is 0 Å². The normalized spacial score (nSPS) is 14.6. The van der Waals surface area contributed by atoms with Crippen LogP contribution >= 0.6 is 11.8 Å². The number of amides is 3. The van der Waals surface area contributed by atoms with E-state index in [1.807, 2.05) is 35.2 Å². The van der Waals surface area contributed by atoms with Crippen LogP contribution < -0.4 is 5.32 Å². The molecular weight excluding hydrogens is 370 g/mol. The van der Waals surface area contributed by atoms with Gasteiger partial charge in [-0.15, -0.1) is 0 Å². The van der Waals surface area contributed by atoms with Crippen LogP contribution in [-0.2, 0) is 11.3 Å². The summed E-state index contributed by atoms with van der Waals surface area (Å²) in [4.78, 5) is 30.4. The molecule has 148 valence electrons. The highest BCUT2D eigenvalue weighted by Gasteiger charge is 2.27. The lowest BCUT2D eigenvalue weighted by molar-refractivity contribution is -0.126. The minimum Gasteiger partial charge on any atom is -0.352 e. The highest BCUT2D eigenvalue weighted by molar-refractivity contribution is 7.99. The highest BCUT2D eigenvalue weighted by atomic mass is 32.2. The van der Waals surface area contributed by atoms with Gasteiger partial charge in [-0.3, -0.25) is 4.79 Å². The Balaban J connectivity index is 1.54. The van der Waals surface area contributed by atoms with E-state index < -0.39 is 0 Å². The number of carbonyl (C=O) groups excluding carboxylic acids is 2. The second-order valence-corrected chi connectivity index (χ2v) is 8.29. The van der Waals surface area contributed by atoms with Crippen molar-refractivity contribution in [1.29, 1.82) is 0 Å². The average Bonchev–Trinajstić information content (AvgIpc) is 2.73. The topological polar surface area (TPSA) is 52.7 Å². The van der Waals surface area contributed by atoms with Gasteiger partial charge in [0.25, 0.3) is 0 Å². The van der Waals surface area contributed by atoms with Crippen molar-refractivity contribution in [1.82, 2.24) is 15.1 Å². The van der Waals surface area contributed by atoms with Gasteiger partial charge in [0, 0.05) is 49.4 Å². The van der Waals surface area contributed by atoms with Crippen LogP contribution in [0.3, 0.4) is 0 Å². The molecule has 2 aromatic carbocycles. The first-order valence-electron chi connectivity index (χ1n) is 9.59. The Bertz CT molecular complexity index is 802. The van der Waals surface area contributed by atoms with E-state index in [2.05, 4.69) is 29.6 Å². The summed E-state index contributed by atoms with van der Waals surface area (Å²) in [7, 11) is 3.51. The zero-order chi connectivity index (χ0) is 19.9. The smallest absolute Gasteiger partial charge is 0.319 e. The summed E-state index contributed by atoms with van der Waals surface area (Å²) in [5, 5.41) is 3.10. The molecule has 0 aromatic heterocycles. The monoisotopic (exact) mass is 397 g/mol. The number of rotatable bonds is 5. The maximum atomic E-state index is 12.6. The minimum absolute atomic E-state index is 0.0192. The third-order valence-electron chi connectivity index (χ3n) is 4.92. The molecule has 0 atom stereocenters. The molecule has 0 saturated carbocycles. The lowest BCUT2D eigenvalue weighted by Gasteiger charge is -2.33. The number of carbonyl (C=O) groups is 2. The fourth-order valence-corrected chi connectivity index (χ4v) is 4.27. The van der Waals surface area contributed by atoms with Crippen LogP contribution in [0.2, 0.25) is 0 Å². The van der Waals surface area contributed by atoms with Crippen LogP contribution in [0.1, 0.15) is 18.4 Å². The zero-order valence-corrected chi connectivity index (χ0v) is 17.2. The highest BCUT2D eigenvalue weighted by Crippen LogP contribution is 2.30. The SMILES string of the molecule is CN(C)C(=O)N1CCC(C(=O)NCc2ccccc2Sc2ccccc2)CC1. The molecule has 0 spiro atoms. The largest absolute Gasteiger partial charge is 0.352 e. The molecule has 2 aromatic rings. The van der Waals surface area contributed by atoms with Gasteiger partial charge < -0.3 is 15.1 Å². The summed E-state index contributed by atoms with van der Waals surface area (Å²) in [6, 6.07) is 18.4. The lowest BCUT2D eigenvalue weighted by atomic mass is 9.96. The van der Waals surface area contributed by atoms with E-state index in [-0.39, 0.29) is 17.9 Å². The van der Waals surface area contributed by atoms with Crippen molar-refractivity contribution in [2.75, 3.05) is 27.2 Å². The van der Waals surface area contributed by atoms with Crippen molar-refractivity contribution in [3.8, 4) is 0 Å². The molecular formula is C22H27N3O2S. The van der Waals surface area contributed by atoms with Crippen molar-refractivity contribution < 1.29 is 9.59 Å². The first-order chi connectivity index (χ1) is 13.5. The third kappa shape index (κ3) is 5.29.